The highest BCUT2D eigenvalue weighted by Crippen LogP contribution is 2.32. The number of Topliss-reactive ketones (excluding diaryl/α,β-unsaturated/α-hetero) is 1. The van der Waals surface area contributed by atoms with E-state index in [2.05, 4.69) is 10.6 Å². The number of carbonyl (C=O) groups is 4. The molecule has 1 aliphatic rings. The van der Waals surface area contributed by atoms with Crippen molar-refractivity contribution in [2.24, 2.45) is 5.41 Å². The third kappa shape index (κ3) is 6.70. The average Bonchev–Trinajstić information content (AvgIpc) is 3.05. The Morgan fingerprint density at radius 3 is 2.41 bits per heavy atom. The fourth-order valence-corrected chi connectivity index (χ4v) is 3.68. The Morgan fingerprint density at radius 2 is 1.84 bits per heavy atom. The van der Waals surface area contributed by atoms with Gasteiger partial charge in [-0.1, -0.05) is 63.9 Å². The summed E-state index contributed by atoms with van der Waals surface area (Å²) in [5.74, 6) is -1.52. The Kier molecular flexibility index (Phi) is 8.63. The molecule has 0 radical (unpaired) electrons. The number of likely N-dealkylation sites (tertiary alicyclic amines) is 1. The van der Waals surface area contributed by atoms with Crippen LogP contribution in [-0.4, -0.2) is 59.1 Å². The minimum absolute atomic E-state index is 0.0540. The van der Waals surface area contributed by atoms with E-state index in [1.54, 1.807) is 6.92 Å². The number of carbonyl (C=O) groups excluding carboxylic acids is 3. The van der Waals surface area contributed by atoms with Gasteiger partial charge in [0, 0.05) is 12.0 Å². The number of unbranched alkanes of at least 4 members (excludes halogenated alkanes) is 1. The Bertz CT molecular complexity index is 826. The first-order chi connectivity index (χ1) is 15.0. The molecule has 3 atom stereocenters. The molecule has 1 heterocycles. The first-order valence-corrected chi connectivity index (χ1v) is 10.9. The predicted molar refractivity (Wildman–Crippen MR) is 118 cm³/mol. The minimum Gasteiger partial charge on any atom is -0.465 e. The highest BCUT2D eigenvalue weighted by Gasteiger charge is 2.44. The number of alkyl carbamates (subject to hydrolysis) is 1. The van der Waals surface area contributed by atoms with E-state index in [1.807, 2.05) is 51.1 Å². The topological polar surface area (TPSA) is 125 Å². The lowest BCUT2D eigenvalue weighted by atomic mass is 9.90. The summed E-state index contributed by atoms with van der Waals surface area (Å²) in [7, 11) is 0. The van der Waals surface area contributed by atoms with Crippen molar-refractivity contribution in [1.82, 2.24) is 15.5 Å². The van der Waals surface area contributed by atoms with Gasteiger partial charge in [-0.25, -0.2) is 9.59 Å². The van der Waals surface area contributed by atoms with Gasteiger partial charge in [0.15, 0.2) is 0 Å². The lowest BCUT2D eigenvalue weighted by Gasteiger charge is -2.26. The number of carboxylic acid groups (broad SMARTS) is 1. The van der Waals surface area contributed by atoms with Gasteiger partial charge in [-0.2, -0.15) is 0 Å². The Labute approximate surface area is 188 Å². The minimum atomic E-state index is -1.08. The van der Waals surface area contributed by atoms with Gasteiger partial charge in [0.25, 0.3) is 5.91 Å². The van der Waals surface area contributed by atoms with Gasteiger partial charge in [0.1, 0.15) is 12.1 Å². The molecular weight excluding hydrogens is 414 g/mol. The van der Waals surface area contributed by atoms with Crippen LogP contribution in [0.1, 0.15) is 58.6 Å². The first-order valence-electron chi connectivity index (χ1n) is 10.9. The number of amides is 3. The second kappa shape index (κ2) is 11.0. The quantitative estimate of drug-likeness (QED) is 0.500. The number of rotatable bonds is 9. The summed E-state index contributed by atoms with van der Waals surface area (Å²) in [4.78, 5) is 50.3. The van der Waals surface area contributed by atoms with Crippen molar-refractivity contribution in [3.05, 3.63) is 35.9 Å². The van der Waals surface area contributed by atoms with Gasteiger partial charge in [0.05, 0.1) is 12.6 Å². The summed E-state index contributed by atoms with van der Waals surface area (Å²) in [6.45, 7) is 7.63. The van der Waals surface area contributed by atoms with E-state index in [-0.39, 0.29) is 19.1 Å². The molecule has 1 aliphatic heterocycles. The van der Waals surface area contributed by atoms with Crippen molar-refractivity contribution in [3.8, 4) is 0 Å². The molecule has 0 aliphatic carbocycles. The largest absolute Gasteiger partial charge is 0.465 e. The van der Waals surface area contributed by atoms with Crippen molar-refractivity contribution >= 4 is 23.9 Å². The molecule has 3 N–H and O–H groups in total. The summed E-state index contributed by atoms with van der Waals surface area (Å²) in [5.41, 5.74) is 0.291. The molecular formula is C23H33N3O6. The molecule has 0 bridgehead atoms. The molecule has 9 nitrogen and oxygen atoms in total. The van der Waals surface area contributed by atoms with Crippen molar-refractivity contribution in [2.75, 3.05) is 13.1 Å². The second-order valence-corrected chi connectivity index (χ2v) is 8.85. The molecule has 0 aromatic heterocycles. The van der Waals surface area contributed by atoms with E-state index < -0.39 is 41.4 Å². The van der Waals surface area contributed by atoms with Gasteiger partial charge < -0.3 is 25.4 Å². The van der Waals surface area contributed by atoms with Crippen LogP contribution >= 0.6 is 0 Å². The highest BCUT2D eigenvalue weighted by atomic mass is 16.6. The van der Waals surface area contributed by atoms with Crippen LogP contribution in [0.5, 0.6) is 0 Å². The Balaban J connectivity index is 2.00. The Morgan fingerprint density at radius 1 is 1.19 bits per heavy atom. The maximum absolute atomic E-state index is 12.8. The van der Waals surface area contributed by atoms with Crippen LogP contribution in [0.2, 0.25) is 0 Å². The molecule has 32 heavy (non-hydrogen) atoms. The van der Waals surface area contributed by atoms with Crippen LogP contribution < -0.4 is 10.6 Å². The molecule has 1 fully saturated rings. The smallest absolute Gasteiger partial charge is 0.408 e. The maximum Gasteiger partial charge on any atom is 0.408 e. The fourth-order valence-electron chi connectivity index (χ4n) is 3.68. The lowest BCUT2D eigenvalue weighted by Crippen LogP contribution is -2.49. The fraction of sp³-hybridized carbons (Fsp3) is 0.565. The van der Waals surface area contributed by atoms with Gasteiger partial charge in [-0.05, 0) is 18.9 Å². The highest BCUT2D eigenvalue weighted by molar-refractivity contribution is 6.38. The van der Waals surface area contributed by atoms with Gasteiger partial charge in [0.2, 0.25) is 5.78 Å². The van der Waals surface area contributed by atoms with E-state index in [9.17, 15) is 24.3 Å². The SMILES string of the molecule is CCCC[C@H](NC(=O)O[C@@H]1CN(C(=O)O)CC1(C)C)C(=O)C(=O)NC(C)c1ccccc1. The second-order valence-electron chi connectivity index (χ2n) is 8.85. The third-order valence-electron chi connectivity index (χ3n) is 5.70. The van der Waals surface area contributed by atoms with Crippen LogP contribution in [0.25, 0.3) is 0 Å². The molecule has 1 aromatic carbocycles. The summed E-state index contributed by atoms with van der Waals surface area (Å²) in [6.07, 6.45) is -0.857. The number of benzene rings is 1. The monoisotopic (exact) mass is 447 g/mol. The van der Waals surface area contributed by atoms with Crippen molar-refractivity contribution < 1.29 is 29.0 Å². The van der Waals surface area contributed by atoms with Crippen molar-refractivity contribution in [2.45, 2.75) is 65.1 Å². The lowest BCUT2D eigenvalue weighted by molar-refractivity contribution is -0.139. The molecule has 2 rings (SSSR count). The van der Waals surface area contributed by atoms with E-state index >= 15 is 0 Å². The third-order valence-corrected chi connectivity index (χ3v) is 5.70. The number of ketones is 1. The van der Waals surface area contributed by atoms with Crippen LogP contribution in [0, 0.1) is 5.41 Å². The zero-order chi connectivity index (χ0) is 23.9. The predicted octanol–water partition coefficient (Wildman–Crippen LogP) is 3.11. The molecule has 3 amide bonds. The average molecular weight is 448 g/mol. The zero-order valence-electron chi connectivity index (χ0n) is 19.1. The molecule has 1 aromatic rings. The number of hydrogen-bond acceptors (Lipinski definition) is 5. The van der Waals surface area contributed by atoms with E-state index in [1.165, 1.54) is 4.90 Å². The summed E-state index contributed by atoms with van der Waals surface area (Å²) >= 11 is 0. The first kappa shape index (κ1) is 25.2. The normalized spacial score (nSPS) is 19.0. The van der Waals surface area contributed by atoms with Crippen molar-refractivity contribution in [1.29, 1.82) is 0 Å². The summed E-state index contributed by atoms with van der Waals surface area (Å²) in [5, 5.41) is 14.4. The van der Waals surface area contributed by atoms with E-state index in [4.69, 9.17) is 4.74 Å². The summed E-state index contributed by atoms with van der Waals surface area (Å²) < 4.78 is 5.46. The van der Waals surface area contributed by atoms with Crippen LogP contribution in [0.15, 0.2) is 30.3 Å². The molecule has 9 heteroatoms. The van der Waals surface area contributed by atoms with Crippen LogP contribution in [-0.2, 0) is 14.3 Å². The van der Waals surface area contributed by atoms with Crippen LogP contribution in [0.4, 0.5) is 9.59 Å². The maximum atomic E-state index is 12.8. The molecule has 0 saturated carbocycles. The summed E-state index contributed by atoms with van der Waals surface area (Å²) in [6, 6.07) is 7.86. The number of nitrogens with zero attached hydrogens (tertiary/aromatic N) is 1. The zero-order valence-corrected chi connectivity index (χ0v) is 19.1. The standard InChI is InChI=1S/C23H33N3O6/c1-5-6-12-17(19(27)20(28)24-15(2)16-10-8-7-9-11-16)25-21(29)32-18-13-26(22(30)31)14-23(18,3)4/h7-11,15,17-18H,5-6,12-14H2,1-4H3,(H,24,28)(H,25,29)(H,30,31)/t15?,17-,18+/m0/s1. The number of ether oxygens (including phenoxy) is 1. The Hall–Kier alpha value is -3.10. The van der Waals surface area contributed by atoms with E-state index in [0.29, 0.717) is 12.8 Å². The van der Waals surface area contributed by atoms with Crippen molar-refractivity contribution in [3.63, 3.8) is 0 Å². The molecule has 0 spiro atoms. The van der Waals surface area contributed by atoms with Gasteiger partial charge in [-0.15, -0.1) is 0 Å². The molecule has 1 unspecified atom stereocenters. The van der Waals surface area contributed by atoms with E-state index in [0.717, 1.165) is 12.0 Å². The van der Waals surface area contributed by atoms with Crippen LogP contribution in [0.3, 0.4) is 0 Å². The van der Waals surface area contributed by atoms with Gasteiger partial charge >= 0.3 is 12.2 Å². The molecule has 1 saturated heterocycles. The number of nitrogens with one attached hydrogen (secondary N) is 2. The number of hydrogen-bond donors (Lipinski definition) is 3. The molecule has 176 valence electrons. The van der Waals surface area contributed by atoms with Gasteiger partial charge in [-0.3, -0.25) is 9.59 Å².